The lowest BCUT2D eigenvalue weighted by atomic mass is 10.1. The van der Waals surface area contributed by atoms with Gasteiger partial charge < -0.3 is 10.2 Å². The second-order valence-corrected chi connectivity index (χ2v) is 5.92. The Bertz CT molecular complexity index is 782. The minimum Gasteiger partial charge on any atom is -0.344 e. The van der Waals surface area contributed by atoms with Gasteiger partial charge >= 0.3 is 0 Å². The van der Waals surface area contributed by atoms with Gasteiger partial charge in [-0.2, -0.15) is 10.4 Å². The Hall–Kier alpha value is -2.66. The lowest BCUT2D eigenvalue weighted by Gasteiger charge is -2.08. The third-order valence-corrected chi connectivity index (χ3v) is 4.23. The smallest absolute Gasteiger partial charge is 0.276 e. The first-order valence-electron chi connectivity index (χ1n) is 6.41. The Labute approximate surface area is 131 Å². The molecule has 2 aromatic rings. The minimum absolute atomic E-state index is 0.197. The van der Waals surface area contributed by atoms with E-state index in [1.807, 2.05) is 6.07 Å². The van der Waals surface area contributed by atoms with E-state index in [1.54, 1.807) is 40.3 Å². The highest BCUT2D eigenvalue weighted by atomic mass is 32.1. The molecule has 22 heavy (non-hydrogen) atoms. The predicted octanol–water partition coefficient (Wildman–Crippen LogP) is 1.62. The normalized spacial score (nSPS) is 10.1. The number of hydrogen-bond donors (Lipinski definition) is 1. The van der Waals surface area contributed by atoms with Crippen LogP contribution in [0.3, 0.4) is 0 Å². The summed E-state index contributed by atoms with van der Waals surface area (Å²) in [5, 5.41) is 16.3. The molecule has 8 heteroatoms. The number of aromatic nitrogens is 2. The maximum atomic E-state index is 12.1. The molecular formula is C14H15N5O2S. The highest BCUT2D eigenvalue weighted by Gasteiger charge is 2.23. The number of thiophene rings is 1. The van der Waals surface area contributed by atoms with E-state index in [9.17, 15) is 14.9 Å². The third-order valence-electron chi connectivity index (χ3n) is 3.03. The van der Waals surface area contributed by atoms with Gasteiger partial charge in [0.25, 0.3) is 11.8 Å². The maximum absolute atomic E-state index is 12.1. The van der Waals surface area contributed by atoms with Crippen molar-refractivity contribution in [2.45, 2.75) is 6.92 Å². The van der Waals surface area contributed by atoms with Gasteiger partial charge in [0.1, 0.15) is 11.1 Å². The van der Waals surface area contributed by atoms with Crippen molar-refractivity contribution in [1.29, 1.82) is 5.26 Å². The van der Waals surface area contributed by atoms with E-state index in [0.717, 1.165) is 11.3 Å². The number of aryl methyl sites for hydroxylation is 1. The van der Waals surface area contributed by atoms with Gasteiger partial charge in [-0.25, -0.2) is 0 Å². The molecule has 0 atom stereocenters. The SMILES string of the molecule is Cc1c(C(=O)N(C)C)sc(NC(=O)c2ccn(C)n2)c1C#N. The van der Waals surface area contributed by atoms with Gasteiger partial charge in [0, 0.05) is 27.3 Å². The molecule has 7 nitrogen and oxygen atoms in total. The van der Waals surface area contributed by atoms with Crippen LogP contribution in [-0.2, 0) is 7.05 Å². The fourth-order valence-corrected chi connectivity index (χ4v) is 3.02. The van der Waals surface area contributed by atoms with Crippen LogP contribution in [0.25, 0.3) is 0 Å². The summed E-state index contributed by atoms with van der Waals surface area (Å²) in [6, 6.07) is 3.62. The van der Waals surface area contributed by atoms with E-state index in [-0.39, 0.29) is 11.6 Å². The molecule has 0 unspecified atom stereocenters. The zero-order chi connectivity index (χ0) is 16.4. The first kappa shape index (κ1) is 15.7. The summed E-state index contributed by atoms with van der Waals surface area (Å²) in [5.74, 6) is -0.612. The fourth-order valence-electron chi connectivity index (χ4n) is 1.85. The summed E-state index contributed by atoms with van der Waals surface area (Å²) in [5.41, 5.74) is 1.12. The van der Waals surface area contributed by atoms with Crippen molar-refractivity contribution in [1.82, 2.24) is 14.7 Å². The van der Waals surface area contributed by atoms with Crippen molar-refractivity contribution in [3.05, 3.63) is 34.0 Å². The van der Waals surface area contributed by atoms with Crippen LogP contribution in [0, 0.1) is 18.3 Å². The van der Waals surface area contributed by atoms with Crippen molar-refractivity contribution in [2.24, 2.45) is 7.05 Å². The molecule has 114 valence electrons. The number of hydrogen-bond acceptors (Lipinski definition) is 5. The highest BCUT2D eigenvalue weighted by molar-refractivity contribution is 7.18. The molecule has 0 aliphatic heterocycles. The Morgan fingerprint density at radius 2 is 2.14 bits per heavy atom. The quantitative estimate of drug-likeness (QED) is 0.931. The molecule has 2 aromatic heterocycles. The monoisotopic (exact) mass is 317 g/mol. The minimum atomic E-state index is -0.415. The summed E-state index contributed by atoms with van der Waals surface area (Å²) >= 11 is 1.10. The second kappa shape index (κ2) is 5.99. The van der Waals surface area contributed by atoms with Crippen LogP contribution in [0.15, 0.2) is 12.3 Å². The zero-order valence-corrected chi connectivity index (χ0v) is 13.5. The lowest BCUT2D eigenvalue weighted by molar-refractivity contribution is 0.0831. The topological polar surface area (TPSA) is 91.0 Å². The molecule has 0 radical (unpaired) electrons. The summed E-state index contributed by atoms with van der Waals surface area (Å²) in [4.78, 5) is 26.1. The Morgan fingerprint density at radius 3 is 2.64 bits per heavy atom. The molecule has 0 aliphatic carbocycles. The summed E-state index contributed by atoms with van der Waals surface area (Å²) in [6.07, 6.45) is 1.65. The molecular weight excluding hydrogens is 302 g/mol. The van der Waals surface area contributed by atoms with Gasteiger partial charge in [0.05, 0.1) is 10.4 Å². The number of nitrogens with one attached hydrogen (secondary N) is 1. The largest absolute Gasteiger partial charge is 0.344 e. The molecule has 2 amide bonds. The highest BCUT2D eigenvalue weighted by Crippen LogP contribution is 2.33. The van der Waals surface area contributed by atoms with Crippen molar-refractivity contribution in [3.63, 3.8) is 0 Å². The van der Waals surface area contributed by atoms with Gasteiger partial charge in [0.15, 0.2) is 5.69 Å². The van der Waals surface area contributed by atoms with Crippen molar-refractivity contribution in [2.75, 3.05) is 19.4 Å². The molecule has 0 bridgehead atoms. The first-order valence-corrected chi connectivity index (χ1v) is 7.23. The summed E-state index contributed by atoms with van der Waals surface area (Å²) < 4.78 is 1.51. The van der Waals surface area contributed by atoms with Gasteiger partial charge in [-0.1, -0.05) is 0 Å². The van der Waals surface area contributed by atoms with Gasteiger partial charge in [-0.05, 0) is 18.6 Å². The number of carbonyl (C=O) groups excluding carboxylic acids is 2. The molecule has 0 fully saturated rings. The first-order chi connectivity index (χ1) is 10.3. The molecule has 0 aliphatic rings. The van der Waals surface area contributed by atoms with E-state index >= 15 is 0 Å². The van der Waals surface area contributed by atoms with E-state index in [4.69, 9.17) is 0 Å². The van der Waals surface area contributed by atoms with E-state index in [0.29, 0.717) is 21.0 Å². The number of nitriles is 1. The Morgan fingerprint density at radius 1 is 1.45 bits per heavy atom. The van der Waals surface area contributed by atoms with Crippen LogP contribution < -0.4 is 5.32 Å². The second-order valence-electron chi connectivity index (χ2n) is 4.90. The van der Waals surface area contributed by atoms with Crippen LogP contribution in [0.2, 0.25) is 0 Å². The average molecular weight is 317 g/mol. The van der Waals surface area contributed by atoms with Crippen LogP contribution in [0.5, 0.6) is 0 Å². The zero-order valence-electron chi connectivity index (χ0n) is 12.7. The number of anilines is 1. The van der Waals surface area contributed by atoms with Crippen LogP contribution >= 0.6 is 11.3 Å². The van der Waals surface area contributed by atoms with E-state index in [1.165, 1.54) is 9.58 Å². The number of amides is 2. The summed E-state index contributed by atoms with van der Waals surface area (Å²) in [7, 11) is 4.99. The molecule has 0 aromatic carbocycles. The Kier molecular flexibility index (Phi) is 4.28. The molecule has 0 spiro atoms. The van der Waals surface area contributed by atoms with Gasteiger partial charge in [0.2, 0.25) is 0 Å². The number of rotatable bonds is 3. The van der Waals surface area contributed by atoms with Crippen LogP contribution in [0.1, 0.15) is 31.3 Å². The number of carbonyl (C=O) groups is 2. The van der Waals surface area contributed by atoms with Crippen molar-refractivity contribution < 1.29 is 9.59 Å². The van der Waals surface area contributed by atoms with Gasteiger partial charge in [-0.3, -0.25) is 14.3 Å². The summed E-state index contributed by atoms with van der Waals surface area (Å²) in [6.45, 7) is 1.70. The van der Waals surface area contributed by atoms with Crippen LogP contribution in [0.4, 0.5) is 5.00 Å². The lowest BCUT2D eigenvalue weighted by Crippen LogP contribution is -2.21. The molecule has 0 saturated heterocycles. The molecule has 2 rings (SSSR count). The van der Waals surface area contributed by atoms with E-state index < -0.39 is 5.91 Å². The van der Waals surface area contributed by atoms with Gasteiger partial charge in [-0.15, -0.1) is 11.3 Å². The molecule has 2 heterocycles. The fraction of sp³-hybridized carbons (Fsp3) is 0.286. The maximum Gasteiger partial charge on any atom is 0.276 e. The molecule has 1 N–H and O–H groups in total. The predicted molar refractivity (Wildman–Crippen MR) is 82.9 cm³/mol. The van der Waals surface area contributed by atoms with E-state index in [2.05, 4.69) is 10.4 Å². The Balaban J connectivity index is 2.35. The van der Waals surface area contributed by atoms with Crippen molar-refractivity contribution in [3.8, 4) is 6.07 Å². The number of nitrogens with zero attached hydrogens (tertiary/aromatic N) is 4. The third kappa shape index (κ3) is 2.84. The van der Waals surface area contributed by atoms with Crippen LogP contribution in [-0.4, -0.2) is 40.6 Å². The average Bonchev–Trinajstić information content (AvgIpc) is 3.02. The molecule has 0 saturated carbocycles. The van der Waals surface area contributed by atoms with Crippen molar-refractivity contribution >= 4 is 28.2 Å². The standard InChI is InChI=1S/C14H15N5O2S/c1-8-9(7-15)13(22-11(8)14(21)18(2)3)16-12(20)10-5-6-19(4)17-10/h5-6H,1-4H3,(H,16,20).